The van der Waals surface area contributed by atoms with Crippen LogP contribution >= 0.6 is 0 Å². The van der Waals surface area contributed by atoms with Gasteiger partial charge in [-0.05, 0) is 43.0 Å². The molecule has 1 amide bonds. The summed E-state index contributed by atoms with van der Waals surface area (Å²) in [6.07, 6.45) is 1.33. The van der Waals surface area contributed by atoms with Gasteiger partial charge in [0.1, 0.15) is 0 Å². The first-order valence-electron chi connectivity index (χ1n) is 8.18. The number of amides is 1. The van der Waals surface area contributed by atoms with Crippen LogP contribution in [0.2, 0.25) is 0 Å². The molecule has 124 valence electrons. The maximum atomic E-state index is 12.7. The number of carbonyl (C=O) groups is 2. The molecule has 1 N–H and O–H groups in total. The zero-order chi connectivity index (χ0) is 17.2. The summed E-state index contributed by atoms with van der Waals surface area (Å²) in [5, 5.41) is 9.39. The molecule has 24 heavy (non-hydrogen) atoms. The lowest BCUT2D eigenvalue weighted by Gasteiger charge is -2.37. The Morgan fingerprint density at radius 1 is 1.00 bits per heavy atom. The van der Waals surface area contributed by atoms with Crippen LogP contribution in [-0.4, -0.2) is 35.0 Å². The molecular weight excluding hydrogens is 302 g/mol. The molecule has 1 fully saturated rings. The van der Waals surface area contributed by atoms with Gasteiger partial charge in [0.05, 0.1) is 5.41 Å². The van der Waals surface area contributed by atoms with Crippen molar-refractivity contribution in [1.82, 2.24) is 4.90 Å². The van der Waals surface area contributed by atoms with Crippen LogP contribution in [-0.2, 0) is 4.79 Å². The molecule has 0 spiro atoms. The highest BCUT2D eigenvalue weighted by Crippen LogP contribution is 2.30. The van der Waals surface area contributed by atoms with Crippen molar-refractivity contribution in [1.29, 1.82) is 0 Å². The van der Waals surface area contributed by atoms with E-state index in [2.05, 4.69) is 0 Å². The second kappa shape index (κ2) is 6.48. The van der Waals surface area contributed by atoms with Crippen LogP contribution in [0, 0.1) is 5.41 Å². The van der Waals surface area contributed by atoms with Crippen molar-refractivity contribution in [3.05, 3.63) is 60.2 Å². The van der Waals surface area contributed by atoms with E-state index in [1.54, 1.807) is 11.8 Å². The quantitative estimate of drug-likeness (QED) is 0.937. The van der Waals surface area contributed by atoms with Crippen molar-refractivity contribution in [3.63, 3.8) is 0 Å². The number of carboxylic acids is 1. The normalized spacial score (nSPS) is 20.6. The molecule has 1 atom stereocenters. The largest absolute Gasteiger partial charge is 0.481 e. The molecule has 0 aromatic heterocycles. The van der Waals surface area contributed by atoms with E-state index in [0.29, 0.717) is 18.5 Å². The maximum Gasteiger partial charge on any atom is 0.311 e. The average molecular weight is 323 g/mol. The number of hydrogen-bond acceptors (Lipinski definition) is 2. The second-order valence-corrected chi connectivity index (χ2v) is 6.64. The van der Waals surface area contributed by atoms with Crippen molar-refractivity contribution in [3.8, 4) is 11.1 Å². The molecule has 1 heterocycles. The lowest BCUT2D eigenvalue weighted by molar-refractivity contribution is -0.150. The molecule has 1 aliphatic rings. The maximum absolute atomic E-state index is 12.7. The molecule has 2 aromatic carbocycles. The predicted octanol–water partition coefficient (Wildman–Crippen LogP) is 3.68. The molecule has 0 bridgehead atoms. The van der Waals surface area contributed by atoms with E-state index < -0.39 is 11.4 Å². The lowest BCUT2D eigenvalue weighted by atomic mass is 9.82. The Morgan fingerprint density at radius 2 is 1.62 bits per heavy atom. The van der Waals surface area contributed by atoms with E-state index in [9.17, 15) is 14.7 Å². The highest BCUT2D eigenvalue weighted by molar-refractivity contribution is 5.95. The van der Waals surface area contributed by atoms with Gasteiger partial charge in [-0.25, -0.2) is 0 Å². The number of carbonyl (C=O) groups excluding carboxylic acids is 1. The van der Waals surface area contributed by atoms with Crippen LogP contribution in [0.3, 0.4) is 0 Å². The fraction of sp³-hybridized carbons (Fsp3) is 0.300. The molecule has 4 heteroatoms. The Morgan fingerprint density at radius 3 is 2.25 bits per heavy atom. The molecule has 0 saturated carbocycles. The third-order valence-corrected chi connectivity index (χ3v) is 4.74. The highest BCUT2D eigenvalue weighted by atomic mass is 16.4. The Hall–Kier alpha value is -2.62. The van der Waals surface area contributed by atoms with Gasteiger partial charge in [0.25, 0.3) is 5.91 Å². The Balaban J connectivity index is 1.77. The first-order chi connectivity index (χ1) is 11.5. The Labute approximate surface area is 141 Å². The number of nitrogens with zero attached hydrogens (tertiary/aromatic N) is 1. The molecule has 1 saturated heterocycles. The van der Waals surface area contributed by atoms with E-state index in [0.717, 1.165) is 17.5 Å². The van der Waals surface area contributed by atoms with Gasteiger partial charge in [-0.2, -0.15) is 0 Å². The first kappa shape index (κ1) is 16.2. The van der Waals surface area contributed by atoms with Gasteiger partial charge in [-0.1, -0.05) is 42.5 Å². The topological polar surface area (TPSA) is 57.6 Å². The molecule has 1 aliphatic heterocycles. The molecule has 4 nitrogen and oxygen atoms in total. The van der Waals surface area contributed by atoms with Crippen molar-refractivity contribution in [2.45, 2.75) is 19.8 Å². The van der Waals surface area contributed by atoms with Gasteiger partial charge in [0.15, 0.2) is 0 Å². The minimum atomic E-state index is -0.849. The van der Waals surface area contributed by atoms with Crippen LogP contribution in [0.25, 0.3) is 11.1 Å². The molecule has 0 radical (unpaired) electrons. The second-order valence-electron chi connectivity index (χ2n) is 6.64. The van der Waals surface area contributed by atoms with Gasteiger partial charge in [0, 0.05) is 18.7 Å². The standard InChI is InChI=1S/C20H21NO3/c1-20(19(23)24)12-5-13-21(14-20)18(22)17-10-8-16(9-11-17)15-6-3-2-4-7-15/h2-4,6-11H,5,12-14H2,1H3,(H,23,24). The number of rotatable bonds is 3. The molecule has 2 aromatic rings. The SMILES string of the molecule is CC1(C(=O)O)CCCN(C(=O)c2ccc(-c3ccccc3)cc2)C1. The number of piperidine rings is 1. The summed E-state index contributed by atoms with van der Waals surface area (Å²) < 4.78 is 0. The third-order valence-electron chi connectivity index (χ3n) is 4.74. The highest BCUT2D eigenvalue weighted by Gasteiger charge is 2.39. The van der Waals surface area contributed by atoms with E-state index in [-0.39, 0.29) is 12.5 Å². The molecule has 3 rings (SSSR count). The van der Waals surface area contributed by atoms with Crippen LogP contribution in [0.5, 0.6) is 0 Å². The summed E-state index contributed by atoms with van der Waals surface area (Å²) in [6.45, 7) is 2.59. The third kappa shape index (κ3) is 3.18. The van der Waals surface area contributed by atoms with Crippen LogP contribution in [0.4, 0.5) is 0 Å². The van der Waals surface area contributed by atoms with Crippen molar-refractivity contribution < 1.29 is 14.7 Å². The van der Waals surface area contributed by atoms with Crippen LogP contribution < -0.4 is 0 Å². The predicted molar refractivity (Wildman–Crippen MR) is 92.8 cm³/mol. The van der Waals surface area contributed by atoms with Crippen molar-refractivity contribution >= 4 is 11.9 Å². The van der Waals surface area contributed by atoms with Gasteiger partial charge in [-0.15, -0.1) is 0 Å². The fourth-order valence-corrected chi connectivity index (χ4v) is 3.21. The smallest absolute Gasteiger partial charge is 0.311 e. The summed E-state index contributed by atoms with van der Waals surface area (Å²) in [5.41, 5.74) is 1.91. The van der Waals surface area contributed by atoms with E-state index in [4.69, 9.17) is 0 Å². The van der Waals surface area contributed by atoms with Gasteiger partial charge >= 0.3 is 5.97 Å². The summed E-state index contributed by atoms with van der Waals surface area (Å²) in [4.78, 5) is 25.8. The van der Waals surface area contributed by atoms with E-state index in [1.807, 2.05) is 54.6 Å². The van der Waals surface area contributed by atoms with Gasteiger partial charge in [-0.3, -0.25) is 9.59 Å². The summed E-state index contributed by atoms with van der Waals surface area (Å²) in [6, 6.07) is 17.5. The molecular formula is C20H21NO3. The van der Waals surface area contributed by atoms with Gasteiger partial charge in [0.2, 0.25) is 0 Å². The number of aliphatic carboxylic acids is 1. The minimum absolute atomic E-state index is 0.0956. The summed E-state index contributed by atoms with van der Waals surface area (Å²) in [7, 11) is 0. The summed E-state index contributed by atoms with van der Waals surface area (Å²) in [5.74, 6) is -0.929. The zero-order valence-corrected chi connectivity index (χ0v) is 13.7. The van der Waals surface area contributed by atoms with Crippen molar-refractivity contribution in [2.24, 2.45) is 5.41 Å². The number of carboxylic acid groups (broad SMARTS) is 1. The molecule has 1 unspecified atom stereocenters. The number of hydrogen-bond donors (Lipinski definition) is 1. The van der Waals surface area contributed by atoms with E-state index >= 15 is 0 Å². The lowest BCUT2D eigenvalue weighted by Crippen LogP contribution is -2.48. The fourth-order valence-electron chi connectivity index (χ4n) is 3.21. The van der Waals surface area contributed by atoms with Crippen LogP contribution in [0.1, 0.15) is 30.1 Å². The summed E-state index contributed by atoms with van der Waals surface area (Å²) >= 11 is 0. The minimum Gasteiger partial charge on any atom is -0.481 e. The monoisotopic (exact) mass is 323 g/mol. The molecule has 0 aliphatic carbocycles. The van der Waals surface area contributed by atoms with E-state index in [1.165, 1.54) is 0 Å². The Kier molecular flexibility index (Phi) is 4.38. The Bertz CT molecular complexity index is 739. The van der Waals surface area contributed by atoms with Crippen molar-refractivity contribution in [2.75, 3.05) is 13.1 Å². The van der Waals surface area contributed by atoms with Gasteiger partial charge < -0.3 is 10.0 Å². The zero-order valence-electron chi connectivity index (χ0n) is 13.7. The number of likely N-dealkylation sites (tertiary alicyclic amines) is 1. The average Bonchev–Trinajstić information content (AvgIpc) is 2.62. The first-order valence-corrected chi connectivity index (χ1v) is 8.18. The number of benzene rings is 2. The van der Waals surface area contributed by atoms with Crippen LogP contribution in [0.15, 0.2) is 54.6 Å².